The molecule has 1 aromatic heterocycles. The van der Waals surface area contributed by atoms with Crippen molar-refractivity contribution in [2.24, 2.45) is 4.99 Å². The average Bonchev–Trinajstić information content (AvgIpc) is 3.56. The summed E-state index contributed by atoms with van der Waals surface area (Å²) < 4.78 is 83.3. The maximum absolute atomic E-state index is 13.7. The standard InChI is InChI=1S/C27H17ClF6N6O3S/c1-14-2-8-18(26(29,30)31)21(10-14)40-22(41)12-44-25(40)37-24(42)36-20-9-3-15(11-19(20)28)23-35-13-39(38-23)16-4-6-17(7-5-16)43-27(32,33)34/h2-11,13H,12H2,1H3,(H,36,42)/b37-25-. The molecule has 9 nitrogen and oxygen atoms in total. The van der Waals surface area contributed by atoms with Crippen LogP contribution in [0.15, 0.2) is 72.0 Å². The van der Waals surface area contributed by atoms with Crippen LogP contribution in [0.4, 0.5) is 42.5 Å². The van der Waals surface area contributed by atoms with Crippen LogP contribution in [-0.4, -0.2) is 44.0 Å². The zero-order chi connectivity index (χ0) is 31.8. The summed E-state index contributed by atoms with van der Waals surface area (Å²) in [7, 11) is 0. The van der Waals surface area contributed by atoms with Crippen molar-refractivity contribution in [1.29, 1.82) is 0 Å². The minimum Gasteiger partial charge on any atom is -0.406 e. The normalized spacial score (nSPS) is 14.8. The van der Waals surface area contributed by atoms with Gasteiger partial charge in [-0.15, -0.1) is 18.3 Å². The van der Waals surface area contributed by atoms with Gasteiger partial charge in [-0.3, -0.25) is 9.69 Å². The Kier molecular flexibility index (Phi) is 8.31. The zero-order valence-corrected chi connectivity index (χ0v) is 23.6. The van der Waals surface area contributed by atoms with Crippen molar-refractivity contribution in [2.45, 2.75) is 19.5 Å². The minimum absolute atomic E-state index is 0.0473. The number of aryl methyl sites for hydroxylation is 1. The van der Waals surface area contributed by atoms with Gasteiger partial charge in [0.05, 0.1) is 33.4 Å². The smallest absolute Gasteiger partial charge is 0.406 e. The van der Waals surface area contributed by atoms with Crippen molar-refractivity contribution >= 4 is 51.8 Å². The van der Waals surface area contributed by atoms with Gasteiger partial charge in [0.15, 0.2) is 11.0 Å². The fourth-order valence-corrected chi connectivity index (χ4v) is 5.14. The number of carbonyl (C=O) groups excluding carboxylic acids is 2. The van der Waals surface area contributed by atoms with Gasteiger partial charge in [-0.2, -0.15) is 18.2 Å². The van der Waals surface area contributed by atoms with Gasteiger partial charge < -0.3 is 10.1 Å². The second kappa shape index (κ2) is 11.8. The van der Waals surface area contributed by atoms with Gasteiger partial charge in [-0.25, -0.2) is 14.5 Å². The van der Waals surface area contributed by atoms with Crippen molar-refractivity contribution in [1.82, 2.24) is 14.8 Å². The van der Waals surface area contributed by atoms with Crippen LogP contribution in [0.25, 0.3) is 17.1 Å². The van der Waals surface area contributed by atoms with E-state index in [0.29, 0.717) is 16.8 Å². The van der Waals surface area contributed by atoms with Crippen LogP contribution in [0, 0.1) is 6.92 Å². The number of thioether (sulfide) groups is 1. The number of nitrogens with one attached hydrogen (secondary N) is 1. The number of rotatable bonds is 5. The molecule has 1 saturated heterocycles. The van der Waals surface area contributed by atoms with Crippen molar-refractivity contribution < 1.29 is 40.7 Å². The van der Waals surface area contributed by atoms with Crippen LogP contribution in [-0.2, 0) is 11.0 Å². The Morgan fingerprint density at radius 2 is 1.77 bits per heavy atom. The second-order valence-electron chi connectivity index (χ2n) is 9.11. The maximum atomic E-state index is 13.7. The molecule has 2 heterocycles. The van der Waals surface area contributed by atoms with E-state index in [1.165, 1.54) is 53.5 Å². The third-order valence-electron chi connectivity index (χ3n) is 5.96. The van der Waals surface area contributed by atoms with Crippen LogP contribution in [0.5, 0.6) is 5.75 Å². The monoisotopic (exact) mass is 654 g/mol. The molecular weight excluding hydrogens is 638 g/mol. The van der Waals surface area contributed by atoms with E-state index in [-0.39, 0.29) is 27.5 Å². The Hall–Kier alpha value is -4.57. The number of anilines is 2. The van der Waals surface area contributed by atoms with E-state index < -0.39 is 41.5 Å². The maximum Gasteiger partial charge on any atom is 0.573 e. The first-order valence-corrected chi connectivity index (χ1v) is 13.7. The Balaban J connectivity index is 1.32. The van der Waals surface area contributed by atoms with Crippen molar-refractivity contribution in [3.63, 3.8) is 0 Å². The van der Waals surface area contributed by atoms with E-state index in [2.05, 4.69) is 25.1 Å². The predicted molar refractivity (Wildman–Crippen MR) is 151 cm³/mol. The third-order valence-corrected chi connectivity index (χ3v) is 7.19. The molecule has 3 aromatic carbocycles. The molecule has 5 rings (SSSR count). The number of carbonyl (C=O) groups is 2. The highest BCUT2D eigenvalue weighted by Gasteiger charge is 2.40. The van der Waals surface area contributed by atoms with E-state index in [9.17, 15) is 35.9 Å². The fraction of sp³-hybridized carbons (Fsp3) is 0.148. The zero-order valence-electron chi connectivity index (χ0n) is 22.1. The number of amidine groups is 1. The summed E-state index contributed by atoms with van der Waals surface area (Å²) in [5.74, 6) is -1.07. The Labute approximate surface area is 253 Å². The molecule has 17 heteroatoms. The van der Waals surface area contributed by atoms with Gasteiger partial charge in [0.2, 0.25) is 5.91 Å². The summed E-state index contributed by atoms with van der Waals surface area (Å²) in [6.07, 6.45) is -8.24. The van der Waals surface area contributed by atoms with Gasteiger partial charge >= 0.3 is 18.6 Å². The summed E-state index contributed by atoms with van der Waals surface area (Å²) in [6.45, 7) is 1.57. The summed E-state index contributed by atoms with van der Waals surface area (Å²) in [6, 6.07) is 11.7. The molecule has 4 aromatic rings. The molecule has 3 amide bonds. The van der Waals surface area contributed by atoms with Gasteiger partial charge in [0.25, 0.3) is 0 Å². The Morgan fingerprint density at radius 3 is 2.43 bits per heavy atom. The number of hydrogen-bond donors (Lipinski definition) is 1. The molecule has 1 aliphatic heterocycles. The van der Waals surface area contributed by atoms with Crippen LogP contribution in [0.1, 0.15) is 11.1 Å². The van der Waals surface area contributed by atoms with Crippen molar-refractivity contribution in [2.75, 3.05) is 16.0 Å². The lowest BCUT2D eigenvalue weighted by molar-refractivity contribution is -0.274. The van der Waals surface area contributed by atoms with Crippen molar-refractivity contribution in [3.05, 3.63) is 83.1 Å². The molecule has 1 fully saturated rings. The lowest BCUT2D eigenvalue weighted by Crippen LogP contribution is -2.32. The number of nitrogens with zero attached hydrogens (tertiary/aromatic N) is 5. The van der Waals surface area contributed by atoms with Crippen LogP contribution in [0.2, 0.25) is 5.02 Å². The summed E-state index contributed by atoms with van der Waals surface area (Å²) in [5.41, 5.74) is -0.0683. The van der Waals surface area contributed by atoms with Gasteiger partial charge in [0.1, 0.15) is 12.1 Å². The quantitative estimate of drug-likeness (QED) is 0.224. The summed E-state index contributed by atoms with van der Waals surface area (Å²) >= 11 is 7.16. The van der Waals surface area contributed by atoms with E-state index in [4.69, 9.17) is 11.6 Å². The Morgan fingerprint density at radius 1 is 1.05 bits per heavy atom. The largest absolute Gasteiger partial charge is 0.573 e. The third kappa shape index (κ3) is 6.97. The number of urea groups is 1. The molecule has 0 atom stereocenters. The Bertz CT molecular complexity index is 1780. The number of amides is 3. The first-order valence-electron chi connectivity index (χ1n) is 12.3. The molecular formula is C27H17ClF6N6O3S. The summed E-state index contributed by atoms with van der Waals surface area (Å²) in [5, 5.41) is 6.54. The SMILES string of the molecule is Cc1ccc(C(F)(F)F)c(N2C(=O)CS/C2=N\C(=O)Nc2ccc(-c3ncn(-c4ccc(OC(F)(F)F)cc4)n3)cc2Cl)c1. The molecule has 1 aliphatic rings. The number of ether oxygens (including phenoxy) is 1. The number of benzene rings is 3. The molecule has 1 N–H and O–H groups in total. The lowest BCUT2D eigenvalue weighted by atomic mass is 10.1. The number of halogens is 7. The molecule has 0 bridgehead atoms. The van der Waals surface area contributed by atoms with Gasteiger partial charge in [-0.1, -0.05) is 29.4 Å². The highest BCUT2D eigenvalue weighted by molar-refractivity contribution is 8.15. The number of hydrogen-bond acceptors (Lipinski definition) is 6. The van der Waals surface area contributed by atoms with Gasteiger partial charge in [-0.05, 0) is 67.1 Å². The molecule has 0 saturated carbocycles. The molecule has 44 heavy (non-hydrogen) atoms. The fourth-order valence-electron chi connectivity index (χ4n) is 4.05. The van der Waals surface area contributed by atoms with Crippen molar-refractivity contribution in [3.8, 4) is 22.8 Å². The van der Waals surface area contributed by atoms with E-state index in [1.807, 2.05) is 0 Å². The molecule has 0 unspecified atom stereocenters. The first kappa shape index (κ1) is 30.9. The second-order valence-corrected chi connectivity index (χ2v) is 10.5. The van der Waals surface area contributed by atoms with E-state index in [1.54, 1.807) is 6.92 Å². The van der Waals surface area contributed by atoms with E-state index >= 15 is 0 Å². The topological polar surface area (TPSA) is 102 Å². The molecule has 0 radical (unpaired) electrons. The van der Waals surface area contributed by atoms with Gasteiger partial charge in [0, 0.05) is 5.56 Å². The highest BCUT2D eigenvalue weighted by Crippen LogP contribution is 2.40. The summed E-state index contributed by atoms with van der Waals surface area (Å²) in [4.78, 5) is 34.0. The number of aliphatic imine (C=N–C) groups is 1. The van der Waals surface area contributed by atoms with Crippen LogP contribution >= 0.6 is 23.4 Å². The number of aromatic nitrogens is 3. The number of alkyl halides is 6. The van der Waals surface area contributed by atoms with E-state index in [0.717, 1.165) is 34.9 Å². The first-order chi connectivity index (χ1) is 20.7. The average molecular weight is 655 g/mol. The van der Waals surface area contributed by atoms with Crippen LogP contribution in [0.3, 0.4) is 0 Å². The predicted octanol–water partition coefficient (Wildman–Crippen LogP) is 7.48. The van der Waals surface area contributed by atoms with Crippen LogP contribution < -0.4 is 15.0 Å². The molecule has 0 aliphatic carbocycles. The minimum atomic E-state index is -4.82. The highest BCUT2D eigenvalue weighted by atomic mass is 35.5. The lowest BCUT2D eigenvalue weighted by Gasteiger charge is -2.21. The molecule has 0 spiro atoms. The molecule has 228 valence electrons.